The van der Waals surface area contributed by atoms with E-state index in [-0.39, 0.29) is 13.2 Å². The number of hydrogen-bond acceptors (Lipinski definition) is 4. The lowest BCUT2D eigenvalue weighted by atomic mass is 10.2. The van der Waals surface area contributed by atoms with Crippen molar-refractivity contribution in [2.45, 2.75) is 17.9 Å². The quantitative estimate of drug-likeness (QED) is 0.888. The van der Waals surface area contributed by atoms with Crippen LogP contribution in [0.25, 0.3) is 0 Å². The largest absolute Gasteiger partial charge is 0.394 e. The molecule has 1 N–H and O–H groups in total. The van der Waals surface area contributed by atoms with Gasteiger partial charge in [0.15, 0.2) is 0 Å². The number of aryl methyl sites for hydroxylation is 1. The number of hydrogen-bond donors (Lipinski definition) is 1. The van der Waals surface area contributed by atoms with Crippen LogP contribution in [0.4, 0.5) is 0 Å². The van der Waals surface area contributed by atoms with Gasteiger partial charge in [0.1, 0.15) is 0 Å². The van der Waals surface area contributed by atoms with Crippen molar-refractivity contribution in [3.8, 4) is 0 Å². The molecule has 1 atom stereocenters. The first-order valence-corrected chi connectivity index (χ1v) is 8.17. The highest BCUT2D eigenvalue weighted by atomic mass is 79.9. The zero-order chi connectivity index (χ0) is 14.0. The van der Waals surface area contributed by atoms with Crippen molar-refractivity contribution < 1.29 is 18.3 Å². The van der Waals surface area contributed by atoms with Crippen LogP contribution in [-0.2, 0) is 14.8 Å². The van der Waals surface area contributed by atoms with Crippen LogP contribution in [0.5, 0.6) is 0 Å². The molecule has 0 radical (unpaired) electrons. The highest BCUT2D eigenvalue weighted by Crippen LogP contribution is 2.25. The summed E-state index contributed by atoms with van der Waals surface area (Å²) in [6.07, 6.45) is -0.448. The summed E-state index contributed by atoms with van der Waals surface area (Å²) in [5.74, 6) is 0. The molecule has 1 aliphatic rings. The van der Waals surface area contributed by atoms with Crippen LogP contribution in [0.2, 0.25) is 0 Å². The van der Waals surface area contributed by atoms with Crippen molar-refractivity contribution >= 4 is 26.0 Å². The number of nitrogens with zero attached hydrogens (tertiary/aromatic N) is 1. The Morgan fingerprint density at radius 2 is 2.26 bits per heavy atom. The van der Waals surface area contributed by atoms with Crippen LogP contribution in [0.15, 0.2) is 27.6 Å². The summed E-state index contributed by atoms with van der Waals surface area (Å²) in [5, 5.41) is 9.09. The van der Waals surface area contributed by atoms with E-state index in [0.29, 0.717) is 23.6 Å². The van der Waals surface area contributed by atoms with Gasteiger partial charge in [0, 0.05) is 17.6 Å². The third kappa shape index (κ3) is 3.17. The Bertz CT molecular complexity index is 561. The average Bonchev–Trinajstić information content (AvgIpc) is 2.41. The number of halogens is 1. The summed E-state index contributed by atoms with van der Waals surface area (Å²) >= 11 is 3.29. The zero-order valence-corrected chi connectivity index (χ0v) is 12.9. The lowest BCUT2D eigenvalue weighted by Gasteiger charge is -2.31. The standard InChI is InChI=1S/C12H16BrNO4S/c1-9-2-3-10(13)6-12(9)19(16,17)14-4-5-18-11(7-14)8-15/h2-3,6,11,15H,4-5,7-8H2,1H3. The summed E-state index contributed by atoms with van der Waals surface area (Å²) < 4.78 is 32.5. The van der Waals surface area contributed by atoms with E-state index in [1.807, 2.05) is 6.07 Å². The smallest absolute Gasteiger partial charge is 0.243 e. The Morgan fingerprint density at radius 3 is 2.95 bits per heavy atom. The van der Waals surface area contributed by atoms with E-state index in [2.05, 4.69) is 15.9 Å². The Hall–Kier alpha value is -0.470. The SMILES string of the molecule is Cc1ccc(Br)cc1S(=O)(=O)N1CCOC(CO)C1. The molecule has 19 heavy (non-hydrogen) atoms. The molecule has 0 amide bonds. The number of benzene rings is 1. The highest BCUT2D eigenvalue weighted by Gasteiger charge is 2.31. The lowest BCUT2D eigenvalue weighted by Crippen LogP contribution is -2.46. The number of aliphatic hydroxyl groups is 1. The fourth-order valence-electron chi connectivity index (χ4n) is 2.01. The van der Waals surface area contributed by atoms with Crippen LogP contribution >= 0.6 is 15.9 Å². The van der Waals surface area contributed by atoms with Crippen LogP contribution in [-0.4, -0.2) is 50.2 Å². The molecule has 0 spiro atoms. The van der Waals surface area contributed by atoms with Gasteiger partial charge in [-0.2, -0.15) is 4.31 Å². The number of ether oxygens (including phenoxy) is 1. The third-order valence-electron chi connectivity index (χ3n) is 3.07. The minimum Gasteiger partial charge on any atom is -0.394 e. The first-order chi connectivity index (χ1) is 8.95. The Kier molecular flexibility index (Phi) is 4.62. The van der Waals surface area contributed by atoms with Gasteiger partial charge in [0.2, 0.25) is 10.0 Å². The molecule has 0 bridgehead atoms. The van der Waals surface area contributed by atoms with Crippen molar-refractivity contribution in [1.29, 1.82) is 0 Å². The van der Waals surface area contributed by atoms with Gasteiger partial charge in [-0.1, -0.05) is 22.0 Å². The zero-order valence-electron chi connectivity index (χ0n) is 10.5. The van der Waals surface area contributed by atoms with Gasteiger partial charge in [-0.05, 0) is 24.6 Å². The maximum Gasteiger partial charge on any atom is 0.243 e. The van der Waals surface area contributed by atoms with Crippen LogP contribution in [0.1, 0.15) is 5.56 Å². The number of sulfonamides is 1. The van der Waals surface area contributed by atoms with E-state index >= 15 is 0 Å². The van der Waals surface area contributed by atoms with Gasteiger partial charge in [0.05, 0.1) is 24.2 Å². The molecule has 1 aromatic rings. The van der Waals surface area contributed by atoms with E-state index in [0.717, 1.165) is 4.47 Å². The number of rotatable bonds is 3. The summed E-state index contributed by atoms with van der Waals surface area (Å²) in [6, 6.07) is 5.18. The molecule has 1 aliphatic heterocycles. The van der Waals surface area contributed by atoms with Crippen molar-refractivity contribution in [1.82, 2.24) is 4.31 Å². The molecule has 106 valence electrons. The normalized spacial score (nSPS) is 21.5. The summed E-state index contributed by atoms with van der Waals surface area (Å²) in [6.45, 7) is 2.39. The van der Waals surface area contributed by atoms with Gasteiger partial charge in [0.25, 0.3) is 0 Å². The van der Waals surface area contributed by atoms with E-state index in [9.17, 15) is 8.42 Å². The maximum atomic E-state index is 12.6. The van der Waals surface area contributed by atoms with Gasteiger partial charge in [-0.3, -0.25) is 0 Å². The van der Waals surface area contributed by atoms with Gasteiger partial charge < -0.3 is 9.84 Å². The maximum absolute atomic E-state index is 12.6. The predicted molar refractivity (Wildman–Crippen MR) is 74.5 cm³/mol. The molecule has 5 nitrogen and oxygen atoms in total. The first kappa shape index (κ1) is 14.9. The predicted octanol–water partition coefficient (Wildman–Crippen LogP) is 1.14. The second-order valence-corrected chi connectivity index (χ2v) is 7.27. The van der Waals surface area contributed by atoms with Gasteiger partial charge in [-0.15, -0.1) is 0 Å². The second-order valence-electron chi connectivity index (χ2n) is 4.45. The molecule has 1 saturated heterocycles. The molecule has 1 heterocycles. The molecule has 1 fully saturated rings. The van der Waals surface area contributed by atoms with E-state index in [1.165, 1.54) is 4.31 Å². The Morgan fingerprint density at radius 1 is 1.53 bits per heavy atom. The van der Waals surface area contributed by atoms with Crippen LogP contribution < -0.4 is 0 Å². The number of morpholine rings is 1. The Labute approximate surface area is 121 Å². The molecule has 2 rings (SSSR count). The van der Waals surface area contributed by atoms with Crippen molar-refractivity contribution in [3.63, 3.8) is 0 Å². The van der Waals surface area contributed by atoms with Gasteiger partial charge >= 0.3 is 0 Å². The summed E-state index contributed by atoms with van der Waals surface area (Å²) in [4.78, 5) is 0.292. The highest BCUT2D eigenvalue weighted by molar-refractivity contribution is 9.10. The monoisotopic (exact) mass is 349 g/mol. The molecular formula is C12H16BrNO4S. The third-order valence-corrected chi connectivity index (χ3v) is 5.57. The number of aliphatic hydroxyl groups excluding tert-OH is 1. The second kappa shape index (κ2) is 5.88. The first-order valence-electron chi connectivity index (χ1n) is 5.94. The van der Waals surface area contributed by atoms with Gasteiger partial charge in [-0.25, -0.2) is 8.42 Å². The average molecular weight is 350 g/mol. The minimum atomic E-state index is -3.55. The molecule has 0 aromatic heterocycles. The summed E-state index contributed by atoms with van der Waals surface area (Å²) in [7, 11) is -3.55. The molecule has 1 aromatic carbocycles. The Balaban J connectivity index is 2.34. The fraction of sp³-hybridized carbons (Fsp3) is 0.500. The minimum absolute atomic E-state index is 0.177. The molecular weight excluding hydrogens is 334 g/mol. The topological polar surface area (TPSA) is 66.8 Å². The molecule has 0 saturated carbocycles. The van der Waals surface area contributed by atoms with E-state index in [1.54, 1.807) is 19.1 Å². The van der Waals surface area contributed by atoms with Crippen molar-refractivity contribution in [2.24, 2.45) is 0 Å². The molecule has 7 heteroatoms. The van der Waals surface area contributed by atoms with Crippen molar-refractivity contribution in [3.05, 3.63) is 28.2 Å². The van der Waals surface area contributed by atoms with Crippen molar-refractivity contribution in [2.75, 3.05) is 26.3 Å². The van der Waals surface area contributed by atoms with Crippen LogP contribution in [0, 0.1) is 6.92 Å². The fourth-order valence-corrected chi connectivity index (χ4v) is 4.23. The van der Waals surface area contributed by atoms with E-state index < -0.39 is 16.1 Å². The molecule has 1 unspecified atom stereocenters. The summed E-state index contributed by atoms with van der Waals surface area (Å²) in [5.41, 5.74) is 0.704. The van der Waals surface area contributed by atoms with E-state index in [4.69, 9.17) is 9.84 Å². The lowest BCUT2D eigenvalue weighted by molar-refractivity contribution is -0.0304. The molecule has 0 aliphatic carbocycles. The van der Waals surface area contributed by atoms with Crippen LogP contribution in [0.3, 0.4) is 0 Å².